The average Bonchev–Trinajstić information content (AvgIpc) is 3.14. The number of carbonyl (C=O) groups excluding carboxylic acids is 2. The standard InChI is InChI=1S/C18H24F3N5O2/c1-24-14(18(19,20)21)13(7-23-24)4-11-5-17(6-11)9-26(10-17)16(28)25-3-2-12(8-25)15(22)27/h7,11-12H,2-6,8-10H2,1H3,(H2,22,27)/t12-/m0/s1. The lowest BCUT2D eigenvalue weighted by Crippen LogP contribution is -2.65. The number of hydrogen-bond donors (Lipinski definition) is 1. The van der Waals surface area contributed by atoms with Gasteiger partial charge in [0, 0.05) is 44.2 Å². The van der Waals surface area contributed by atoms with E-state index in [9.17, 15) is 22.8 Å². The van der Waals surface area contributed by atoms with Gasteiger partial charge >= 0.3 is 12.2 Å². The molecule has 1 aliphatic carbocycles. The number of amides is 3. The maximum Gasteiger partial charge on any atom is 0.433 e. The summed E-state index contributed by atoms with van der Waals surface area (Å²) in [6.07, 6.45) is -0.466. The molecular weight excluding hydrogens is 375 g/mol. The molecule has 1 spiro atoms. The minimum atomic E-state index is -4.40. The molecule has 154 valence electrons. The number of halogens is 3. The quantitative estimate of drug-likeness (QED) is 0.838. The zero-order valence-corrected chi connectivity index (χ0v) is 15.7. The Morgan fingerprint density at radius 2 is 1.96 bits per heavy atom. The van der Waals surface area contributed by atoms with Gasteiger partial charge in [-0.3, -0.25) is 9.48 Å². The zero-order valence-electron chi connectivity index (χ0n) is 15.7. The molecule has 3 aliphatic rings. The molecule has 3 heterocycles. The molecule has 10 heteroatoms. The van der Waals surface area contributed by atoms with E-state index in [1.54, 1.807) is 9.80 Å². The van der Waals surface area contributed by atoms with E-state index in [4.69, 9.17) is 5.73 Å². The molecule has 1 aromatic rings. The van der Waals surface area contributed by atoms with Gasteiger partial charge in [0.25, 0.3) is 0 Å². The molecule has 0 radical (unpaired) electrons. The van der Waals surface area contributed by atoms with E-state index < -0.39 is 11.9 Å². The first kappa shape index (κ1) is 19.1. The normalized spacial score (nSPS) is 24.4. The topological polar surface area (TPSA) is 84.5 Å². The molecule has 28 heavy (non-hydrogen) atoms. The number of aromatic nitrogens is 2. The minimum Gasteiger partial charge on any atom is -0.369 e. The van der Waals surface area contributed by atoms with Crippen molar-refractivity contribution < 1.29 is 22.8 Å². The van der Waals surface area contributed by atoms with Crippen molar-refractivity contribution in [3.63, 3.8) is 0 Å². The van der Waals surface area contributed by atoms with Crippen LogP contribution in [0.4, 0.5) is 18.0 Å². The number of primary amides is 1. The predicted octanol–water partition coefficient (Wildman–Crippen LogP) is 1.62. The van der Waals surface area contributed by atoms with Crippen LogP contribution in [0.1, 0.15) is 30.5 Å². The molecule has 1 saturated carbocycles. The van der Waals surface area contributed by atoms with Gasteiger partial charge in [-0.1, -0.05) is 0 Å². The summed E-state index contributed by atoms with van der Waals surface area (Å²) in [5, 5.41) is 3.77. The Morgan fingerprint density at radius 3 is 2.54 bits per heavy atom. The lowest BCUT2D eigenvalue weighted by atomic mass is 9.56. The molecule has 3 fully saturated rings. The van der Waals surface area contributed by atoms with Crippen LogP contribution in [0.25, 0.3) is 0 Å². The van der Waals surface area contributed by atoms with Crippen molar-refractivity contribution in [2.45, 2.75) is 31.9 Å². The second-order valence-electron chi connectivity index (χ2n) is 8.59. The van der Waals surface area contributed by atoms with Crippen molar-refractivity contribution in [2.75, 3.05) is 26.2 Å². The summed E-state index contributed by atoms with van der Waals surface area (Å²) in [5.41, 5.74) is 4.93. The summed E-state index contributed by atoms with van der Waals surface area (Å²) in [4.78, 5) is 27.2. The van der Waals surface area contributed by atoms with Crippen molar-refractivity contribution in [3.8, 4) is 0 Å². The SMILES string of the molecule is Cn1ncc(CC2CC3(C2)CN(C(=O)N2CC[C@H](C(N)=O)C2)C3)c1C(F)(F)F. The Bertz CT molecular complexity index is 792. The maximum absolute atomic E-state index is 13.2. The number of carbonyl (C=O) groups is 2. The number of nitrogens with two attached hydrogens (primary N) is 1. The van der Waals surface area contributed by atoms with Crippen LogP contribution in [0.3, 0.4) is 0 Å². The van der Waals surface area contributed by atoms with Crippen molar-refractivity contribution >= 4 is 11.9 Å². The van der Waals surface area contributed by atoms with Gasteiger partial charge in [-0.05, 0) is 31.6 Å². The maximum atomic E-state index is 13.2. The van der Waals surface area contributed by atoms with Crippen molar-refractivity contribution in [1.29, 1.82) is 0 Å². The summed E-state index contributed by atoms with van der Waals surface area (Å²) in [6.45, 7) is 2.19. The predicted molar refractivity (Wildman–Crippen MR) is 92.9 cm³/mol. The van der Waals surface area contributed by atoms with Gasteiger partial charge < -0.3 is 15.5 Å². The van der Waals surface area contributed by atoms with Crippen LogP contribution in [-0.2, 0) is 24.4 Å². The van der Waals surface area contributed by atoms with Crippen molar-refractivity contribution in [2.24, 2.45) is 30.0 Å². The third-order valence-electron chi connectivity index (χ3n) is 6.42. The van der Waals surface area contributed by atoms with E-state index in [0.717, 1.165) is 17.5 Å². The third-order valence-corrected chi connectivity index (χ3v) is 6.42. The van der Waals surface area contributed by atoms with Gasteiger partial charge in [0.05, 0.1) is 12.1 Å². The Kier molecular flexibility index (Phi) is 4.35. The smallest absolute Gasteiger partial charge is 0.369 e. The first-order valence-corrected chi connectivity index (χ1v) is 9.49. The number of alkyl halides is 3. The fourth-order valence-corrected chi connectivity index (χ4v) is 5.14. The van der Waals surface area contributed by atoms with E-state index in [2.05, 4.69) is 5.10 Å². The lowest BCUT2D eigenvalue weighted by molar-refractivity contribution is -0.144. The molecular formula is C18H24F3N5O2. The molecule has 2 N–H and O–H groups in total. The number of hydrogen-bond acceptors (Lipinski definition) is 3. The number of urea groups is 1. The van der Waals surface area contributed by atoms with Crippen LogP contribution >= 0.6 is 0 Å². The van der Waals surface area contributed by atoms with Gasteiger partial charge in [-0.25, -0.2) is 4.79 Å². The summed E-state index contributed by atoms with van der Waals surface area (Å²) < 4.78 is 40.4. The fraction of sp³-hybridized carbons (Fsp3) is 0.722. The summed E-state index contributed by atoms with van der Waals surface area (Å²) >= 11 is 0. The monoisotopic (exact) mass is 399 g/mol. The highest BCUT2D eigenvalue weighted by Gasteiger charge is 2.54. The molecule has 0 aromatic carbocycles. The van der Waals surface area contributed by atoms with E-state index in [1.165, 1.54) is 13.2 Å². The Hall–Kier alpha value is -2.26. The first-order chi connectivity index (χ1) is 13.1. The molecule has 1 atom stereocenters. The molecule has 0 unspecified atom stereocenters. The van der Waals surface area contributed by atoms with Crippen LogP contribution in [0, 0.1) is 17.3 Å². The summed E-state index contributed by atoms with van der Waals surface area (Å²) in [5.74, 6) is -0.450. The number of likely N-dealkylation sites (tertiary alicyclic amines) is 2. The minimum absolute atomic E-state index is 0.0454. The summed E-state index contributed by atoms with van der Waals surface area (Å²) in [6, 6.07) is -0.0653. The second kappa shape index (κ2) is 6.38. The Balaban J connectivity index is 1.27. The van der Waals surface area contributed by atoms with E-state index in [0.29, 0.717) is 39.0 Å². The van der Waals surface area contributed by atoms with Crippen LogP contribution < -0.4 is 5.73 Å². The molecule has 7 nitrogen and oxygen atoms in total. The highest BCUT2D eigenvalue weighted by molar-refractivity contribution is 5.80. The van der Waals surface area contributed by atoms with Gasteiger partial charge in [0.2, 0.25) is 5.91 Å². The Morgan fingerprint density at radius 1 is 1.29 bits per heavy atom. The van der Waals surface area contributed by atoms with Gasteiger partial charge in [-0.15, -0.1) is 0 Å². The lowest BCUT2D eigenvalue weighted by Gasteiger charge is -2.59. The largest absolute Gasteiger partial charge is 0.433 e. The molecule has 3 amide bonds. The molecule has 0 bridgehead atoms. The van der Waals surface area contributed by atoms with E-state index >= 15 is 0 Å². The third kappa shape index (κ3) is 3.22. The molecule has 2 saturated heterocycles. The fourth-order valence-electron chi connectivity index (χ4n) is 5.14. The van der Waals surface area contributed by atoms with Crippen LogP contribution in [0.15, 0.2) is 6.20 Å². The molecule has 1 aromatic heterocycles. The number of nitrogens with zero attached hydrogens (tertiary/aromatic N) is 4. The van der Waals surface area contributed by atoms with Gasteiger partial charge in [-0.2, -0.15) is 18.3 Å². The summed E-state index contributed by atoms with van der Waals surface area (Å²) in [7, 11) is 1.31. The Labute approximate surface area is 160 Å². The first-order valence-electron chi connectivity index (χ1n) is 9.49. The van der Waals surface area contributed by atoms with Crippen LogP contribution in [-0.4, -0.2) is 57.7 Å². The molecule has 4 rings (SSSR count). The average molecular weight is 399 g/mol. The van der Waals surface area contributed by atoms with E-state index in [-0.39, 0.29) is 34.8 Å². The molecule has 2 aliphatic heterocycles. The van der Waals surface area contributed by atoms with E-state index in [1.807, 2.05) is 0 Å². The zero-order chi connectivity index (χ0) is 20.3. The van der Waals surface area contributed by atoms with Gasteiger partial charge in [0.1, 0.15) is 5.69 Å². The second-order valence-corrected chi connectivity index (χ2v) is 8.59. The van der Waals surface area contributed by atoms with Gasteiger partial charge in [0.15, 0.2) is 0 Å². The van der Waals surface area contributed by atoms with Crippen molar-refractivity contribution in [1.82, 2.24) is 19.6 Å². The van der Waals surface area contributed by atoms with Crippen LogP contribution in [0.5, 0.6) is 0 Å². The van der Waals surface area contributed by atoms with Crippen LogP contribution in [0.2, 0.25) is 0 Å². The number of aryl methyl sites for hydroxylation is 1. The number of rotatable bonds is 3. The highest BCUT2D eigenvalue weighted by atomic mass is 19.4. The highest BCUT2D eigenvalue weighted by Crippen LogP contribution is 2.53. The van der Waals surface area contributed by atoms with Crippen molar-refractivity contribution in [3.05, 3.63) is 17.5 Å².